The van der Waals surface area contributed by atoms with Gasteiger partial charge < -0.3 is 15.7 Å². The zero-order valence-corrected chi connectivity index (χ0v) is 11.0. The predicted molar refractivity (Wildman–Crippen MR) is 74.4 cm³/mol. The molecule has 100 valence electrons. The fourth-order valence-electron chi connectivity index (χ4n) is 2.35. The zero-order chi connectivity index (χ0) is 13.0. The van der Waals surface area contributed by atoms with Gasteiger partial charge in [-0.2, -0.15) is 0 Å². The Kier molecular flexibility index (Phi) is 4.58. The molecule has 4 heteroatoms. The van der Waals surface area contributed by atoms with Crippen LogP contribution in [0.1, 0.15) is 18.1 Å². The number of likely N-dealkylation sites (N-methyl/N-ethyl adjacent to an activating group) is 1. The first kappa shape index (κ1) is 13.3. The molecule has 0 bridgehead atoms. The van der Waals surface area contributed by atoms with Gasteiger partial charge in [-0.15, -0.1) is 0 Å². The van der Waals surface area contributed by atoms with Crippen molar-refractivity contribution in [3.05, 3.63) is 29.8 Å². The second kappa shape index (κ2) is 6.18. The molecule has 0 aromatic heterocycles. The highest BCUT2D eigenvalue weighted by molar-refractivity contribution is 5.39. The number of nitrogens with zero attached hydrogens (tertiary/aromatic N) is 2. The van der Waals surface area contributed by atoms with Crippen LogP contribution in [0.15, 0.2) is 24.3 Å². The smallest absolute Gasteiger partial charge is 0.0916 e. The van der Waals surface area contributed by atoms with Gasteiger partial charge in [-0.05, 0) is 44.3 Å². The molecule has 1 heterocycles. The quantitative estimate of drug-likeness (QED) is 0.783. The Morgan fingerprint density at radius 1 is 1.17 bits per heavy atom. The van der Waals surface area contributed by atoms with E-state index in [1.54, 1.807) is 0 Å². The fraction of sp³-hybridized carbons (Fsp3) is 0.571. The first-order valence-electron chi connectivity index (χ1n) is 6.59. The molecule has 1 atom stereocenters. The van der Waals surface area contributed by atoms with Crippen LogP contribution < -0.4 is 5.73 Å². The Labute approximate surface area is 109 Å². The third kappa shape index (κ3) is 3.70. The molecule has 1 fully saturated rings. The van der Waals surface area contributed by atoms with Crippen LogP contribution in [0.5, 0.6) is 0 Å². The van der Waals surface area contributed by atoms with Crippen LogP contribution in [-0.2, 0) is 0 Å². The van der Waals surface area contributed by atoms with E-state index in [0.717, 1.165) is 37.4 Å². The van der Waals surface area contributed by atoms with Gasteiger partial charge in [-0.25, -0.2) is 0 Å². The van der Waals surface area contributed by atoms with Crippen molar-refractivity contribution in [1.29, 1.82) is 0 Å². The van der Waals surface area contributed by atoms with E-state index in [4.69, 9.17) is 5.73 Å². The minimum atomic E-state index is -0.422. The van der Waals surface area contributed by atoms with Crippen LogP contribution in [0, 0.1) is 0 Å². The molecule has 3 N–H and O–H groups in total. The molecule has 1 aromatic carbocycles. The van der Waals surface area contributed by atoms with Crippen LogP contribution in [0.4, 0.5) is 5.69 Å². The number of hydrogen-bond donors (Lipinski definition) is 2. The molecule has 1 aliphatic heterocycles. The first-order chi connectivity index (χ1) is 8.65. The number of hydrogen-bond acceptors (Lipinski definition) is 4. The lowest BCUT2D eigenvalue weighted by Crippen LogP contribution is -2.32. The number of aliphatic hydroxyl groups excluding tert-OH is 1. The van der Waals surface area contributed by atoms with Crippen molar-refractivity contribution < 1.29 is 5.11 Å². The first-order valence-corrected chi connectivity index (χ1v) is 6.59. The maximum Gasteiger partial charge on any atom is 0.0916 e. The van der Waals surface area contributed by atoms with Gasteiger partial charge >= 0.3 is 0 Å². The van der Waals surface area contributed by atoms with Crippen molar-refractivity contribution in [2.24, 2.45) is 0 Å². The number of aliphatic hydroxyl groups is 1. The molecule has 0 radical (unpaired) electrons. The lowest BCUT2D eigenvalue weighted by Gasteiger charge is -2.23. The van der Waals surface area contributed by atoms with Crippen molar-refractivity contribution in [1.82, 2.24) is 9.80 Å². The van der Waals surface area contributed by atoms with Gasteiger partial charge in [0.25, 0.3) is 0 Å². The zero-order valence-electron chi connectivity index (χ0n) is 11.0. The number of rotatable bonds is 3. The Balaban J connectivity index is 1.90. The summed E-state index contributed by atoms with van der Waals surface area (Å²) in [6.07, 6.45) is 0.749. The molecule has 1 unspecified atom stereocenters. The van der Waals surface area contributed by atoms with E-state index in [9.17, 15) is 5.11 Å². The molecule has 1 aromatic rings. The Hall–Kier alpha value is -1.10. The molecule has 0 aliphatic carbocycles. The van der Waals surface area contributed by atoms with E-state index in [2.05, 4.69) is 16.8 Å². The SMILES string of the molecule is CN1CCCN(CC(O)c2ccc(N)cc2)CC1. The summed E-state index contributed by atoms with van der Waals surface area (Å²) >= 11 is 0. The molecule has 0 saturated carbocycles. The van der Waals surface area contributed by atoms with E-state index in [0.29, 0.717) is 6.54 Å². The minimum absolute atomic E-state index is 0.422. The third-order valence-corrected chi connectivity index (χ3v) is 3.56. The highest BCUT2D eigenvalue weighted by Crippen LogP contribution is 2.16. The van der Waals surface area contributed by atoms with Crippen molar-refractivity contribution in [3.63, 3.8) is 0 Å². The molecular weight excluding hydrogens is 226 g/mol. The van der Waals surface area contributed by atoms with Crippen molar-refractivity contribution in [2.45, 2.75) is 12.5 Å². The van der Waals surface area contributed by atoms with Crippen molar-refractivity contribution in [3.8, 4) is 0 Å². The fourth-order valence-corrected chi connectivity index (χ4v) is 2.35. The average molecular weight is 249 g/mol. The summed E-state index contributed by atoms with van der Waals surface area (Å²) in [6, 6.07) is 7.50. The summed E-state index contributed by atoms with van der Waals surface area (Å²) in [5, 5.41) is 10.2. The number of benzene rings is 1. The molecule has 18 heavy (non-hydrogen) atoms. The highest BCUT2D eigenvalue weighted by Gasteiger charge is 2.16. The standard InChI is InChI=1S/C14H23N3O/c1-16-7-2-8-17(10-9-16)11-14(18)12-3-5-13(15)6-4-12/h3-6,14,18H,2,7-11,15H2,1H3. The summed E-state index contributed by atoms with van der Waals surface area (Å²) in [5.41, 5.74) is 7.33. The van der Waals surface area contributed by atoms with E-state index in [1.165, 1.54) is 6.42 Å². The molecule has 1 aliphatic rings. The molecule has 2 rings (SSSR count). The molecular formula is C14H23N3O. The molecule has 0 spiro atoms. The van der Waals surface area contributed by atoms with Crippen molar-refractivity contribution in [2.75, 3.05) is 45.5 Å². The molecule has 4 nitrogen and oxygen atoms in total. The average Bonchev–Trinajstić information content (AvgIpc) is 2.55. The van der Waals surface area contributed by atoms with Crippen LogP contribution in [0.25, 0.3) is 0 Å². The monoisotopic (exact) mass is 249 g/mol. The minimum Gasteiger partial charge on any atom is -0.399 e. The van der Waals surface area contributed by atoms with Gasteiger partial charge in [0.15, 0.2) is 0 Å². The number of anilines is 1. The van der Waals surface area contributed by atoms with E-state index < -0.39 is 6.10 Å². The maximum atomic E-state index is 10.2. The lowest BCUT2D eigenvalue weighted by atomic mass is 10.1. The van der Waals surface area contributed by atoms with E-state index >= 15 is 0 Å². The number of nitrogens with two attached hydrogens (primary N) is 1. The second-order valence-electron chi connectivity index (χ2n) is 5.14. The topological polar surface area (TPSA) is 52.7 Å². The highest BCUT2D eigenvalue weighted by atomic mass is 16.3. The molecule has 1 saturated heterocycles. The summed E-state index contributed by atoms with van der Waals surface area (Å²) in [7, 11) is 2.15. The Morgan fingerprint density at radius 2 is 1.89 bits per heavy atom. The second-order valence-corrected chi connectivity index (χ2v) is 5.14. The van der Waals surface area contributed by atoms with Gasteiger partial charge in [0.1, 0.15) is 0 Å². The summed E-state index contributed by atoms with van der Waals surface area (Å²) < 4.78 is 0. The van der Waals surface area contributed by atoms with Gasteiger partial charge in [-0.3, -0.25) is 4.90 Å². The number of β-amino-alcohol motifs (C(OH)–C–C–N with tert-alkyl or cyclic N) is 1. The van der Waals surface area contributed by atoms with Crippen LogP contribution in [0.2, 0.25) is 0 Å². The lowest BCUT2D eigenvalue weighted by molar-refractivity contribution is 0.115. The van der Waals surface area contributed by atoms with E-state index in [1.807, 2.05) is 24.3 Å². The third-order valence-electron chi connectivity index (χ3n) is 3.56. The van der Waals surface area contributed by atoms with E-state index in [-0.39, 0.29) is 0 Å². The number of nitrogen functional groups attached to an aromatic ring is 1. The van der Waals surface area contributed by atoms with Crippen LogP contribution >= 0.6 is 0 Å². The maximum absolute atomic E-state index is 10.2. The normalized spacial score (nSPS) is 20.6. The molecule has 0 amide bonds. The summed E-state index contributed by atoms with van der Waals surface area (Å²) in [5.74, 6) is 0. The predicted octanol–water partition coefficient (Wildman–Crippen LogP) is 0.940. The van der Waals surface area contributed by atoms with Crippen molar-refractivity contribution >= 4 is 5.69 Å². The van der Waals surface area contributed by atoms with Crippen LogP contribution in [0.3, 0.4) is 0 Å². The Bertz CT molecular complexity index is 366. The summed E-state index contributed by atoms with van der Waals surface area (Å²) in [4.78, 5) is 4.68. The van der Waals surface area contributed by atoms with Gasteiger partial charge in [0.05, 0.1) is 6.10 Å². The van der Waals surface area contributed by atoms with Gasteiger partial charge in [-0.1, -0.05) is 12.1 Å². The largest absolute Gasteiger partial charge is 0.399 e. The summed E-state index contributed by atoms with van der Waals surface area (Å²) in [6.45, 7) is 5.03. The Morgan fingerprint density at radius 3 is 2.61 bits per heavy atom. The van der Waals surface area contributed by atoms with Gasteiger partial charge in [0, 0.05) is 25.3 Å². The van der Waals surface area contributed by atoms with Gasteiger partial charge in [0.2, 0.25) is 0 Å². The van der Waals surface area contributed by atoms with Crippen LogP contribution in [-0.4, -0.2) is 54.7 Å².